The summed E-state index contributed by atoms with van der Waals surface area (Å²) in [5.74, 6) is 0. The molecule has 8 heteroatoms. The Hall–Kier alpha value is -0.370. The highest BCUT2D eigenvalue weighted by molar-refractivity contribution is 7.89. The molecule has 0 amide bonds. The van der Waals surface area contributed by atoms with Crippen molar-refractivity contribution in [1.29, 1.82) is 0 Å². The standard InChI is InChI=1S/C13H18Cl2N2O3S/c1-17-4-2-10(3-5-17)16-21(19,20)13-6-9(8-18)11(14)7-12(13)15/h6-7,10,16,18H,2-5,8H2,1H3. The molecule has 1 saturated heterocycles. The van der Waals surface area contributed by atoms with E-state index in [1.165, 1.54) is 12.1 Å². The lowest BCUT2D eigenvalue weighted by Gasteiger charge is -2.29. The zero-order chi connectivity index (χ0) is 15.6. The zero-order valence-corrected chi connectivity index (χ0v) is 14.0. The van der Waals surface area contributed by atoms with Crippen LogP contribution in [0.1, 0.15) is 18.4 Å². The molecule has 5 nitrogen and oxygen atoms in total. The van der Waals surface area contributed by atoms with Crippen LogP contribution in [0.4, 0.5) is 0 Å². The molecule has 1 aromatic carbocycles. The van der Waals surface area contributed by atoms with E-state index in [0.717, 1.165) is 25.9 Å². The molecule has 0 radical (unpaired) electrons. The van der Waals surface area contributed by atoms with Crippen molar-refractivity contribution in [1.82, 2.24) is 9.62 Å². The maximum Gasteiger partial charge on any atom is 0.242 e. The smallest absolute Gasteiger partial charge is 0.242 e. The van der Waals surface area contributed by atoms with Gasteiger partial charge in [0.25, 0.3) is 0 Å². The van der Waals surface area contributed by atoms with Gasteiger partial charge in [-0.25, -0.2) is 13.1 Å². The van der Waals surface area contributed by atoms with E-state index >= 15 is 0 Å². The first-order valence-corrected chi connectivity index (χ1v) is 8.87. The Morgan fingerprint density at radius 1 is 1.29 bits per heavy atom. The van der Waals surface area contributed by atoms with Crippen LogP contribution in [-0.4, -0.2) is 44.6 Å². The van der Waals surface area contributed by atoms with Gasteiger partial charge in [-0.1, -0.05) is 23.2 Å². The van der Waals surface area contributed by atoms with E-state index in [1.54, 1.807) is 0 Å². The second-order valence-corrected chi connectivity index (χ2v) is 7.73. The monoisotopic (exact) mass is 352 g/mol. The molecule has 0 aliphatic carbocycles. The number of halogens is 2. The van der Waals surface area contributed by atoms with Crippen LogP contribution in [0.3, 0.4) is 0 Å². The summed E-state index contributed by atoms with van der Waals surface area (Å²) in [4.78, 5) is 2.11. The maximum absolute atomic E-state index is 12.4. The summed E-state index contributed by atoms with van der Waals surface area (Å²) >= 11 is 11.9. The van der Waals surface area contributed by atoms with E-state index in [4.69, 9.17) is 23.2 Å². The molecule has 1 aliphatic rings. The molecule has 1 heterocycles. The Bertz CT molecular complexity index is 614. The number of hydrogen-bond acceptors (Lipinski definition) is 4. The quantitative estimate of drug-likeness (QED) is 0.867. The molecule has 0 unspecified atom stereocenters. The Kier molecular flexibility index (Phi) is 5.51. The first-order valence-electron chi connectivity index (χ1n) is 6.63. The van der Waals surface area contributed by atoms with Crippen LogP contribution >= 0.6 is 23.2 Å². The number of aliphatic hydroxyl groups is 1. The van der Waals surface area contributed by atoms with E-state index in [2.05, 4.69) is 9.62 Å². The van der Waals surface area contributed by atoms with E-state index in [0.29, 0.717) is 5.56 Å². The molecular weight excluding hydrogens is 335 g/mol. The fraction of sp³-hybridized carbons (Fsp3) is 0.538. The van der Waals surface area contributed by atoms with Crippen LogP contribution in [-0.2, 0) is 16.6 Å². The number of nitrogens with zero attached hydrogens (tertiary/aromatic N) is 1. The van der Waals surface area contributed by atoms with Crippen molar-refractivity contribution in [3.05, 3.63) is 27.7 Å². The fourth-order valence-corrected chi connectivity index (χ4v) is 4.47. The van der Waals surface area contributed by atoms with Gasteiger partial charge in [-0.15, -0.1) is 0 Å². The van der Waals surface area contributed by atoms with Gasteiger partial charge in [0.15, 0.2) is 0 Å². The molecule has 118 valence electrons. The molecule has 1 fully saturated rings. The Labute approximate surface area is 134 Å². The van der Waals surface area contributed by atoms with E-state index in [-0.39, 0.29) is 27.6 Å². The van der Waals surface area contributed by atoms with Crippen molar-refractivity contribution in [3.63, 3.8) is 0 Å². The summed E-state index contributed by atoms with van der Waals surface area (Å²) < 4.78 is 27.6. The first-order chi connectivity index (χ1) is 9.83. The van der Waals surface area contributed by atoms with Gasteiger partial charge in [-0.3, -0.25) is 0 Å². The predicted molar refractivity (Wildman–Crippen MR) is 83.2 cm³/mol. The molecule has 1 aromatic rings. The lowest BCUT2D eigenvalue weighted by atomic mass is 10.1. The van der Waals surface area contributed by atoms with Gasteiger partial charge in [0.2, 0.25) is 10.0 Å². The summed E-state index contributed by atoms with van der Waals surface area (Å²) in [5, 5.41) is 9.51. The third-order valence-corrected chi connectivity index (χ3v) is 5.94. The minimum atomic E-state index is -3.73. The predicted octanol–water partition coefficient (Wildman–Crippen LogP) is 1.86. The topological polar surface area (TPSA) is 69.6 Å². The van der Waals surface area contributed by atoms with Crippen molar-refractivity contribution in [3.8, 4) is 0 Å². The van der Waals surface area contributed by atoms with Crippen molar-refractivity contribution in [2.24, 2.45) is 0 Å². The third-order valence-electron chi connectivity index (χ3n) is 3.60. The summed E-state index contributed by atoms with van der Waals surface area (Å²) in [6.45, 7) is 1.36. The van der Waals surface area contributed by atoms with Crippen molar-refractivity contribution in [2.75, 3.05) is 20.1 Å². The highest BCUT2D eigenvalue weighted by Crippen LogP contribution is 2.29. The van der Waals surface area contributed by atoms with Crippen LogP contribution in [0.25, 0.3) is 0 Å². The van der Waals surface area contributed by atoms with Gasteiger partial charge in [-0.05, 0) is 50.7 Å². The summed E-state index contributed by atoms with van der Waals surface area (Å²) in [7, 11) is -1.72. The first kappa shape index (κ1) is 17.0. The third kappa shape index (κ3) is 4.09. The minimum Gasteiger partial charge on any atom is -0.392 e. The van der Waals surface area contributed by atoms with Gasteiger partial charge in [0.1, 0.15) is 4.90 Å². The molecule has 21 heavy (non-hydrogen) atoms. The van der Waals surface area contributed by atoms with Gasteiger partial charge < -0.3 is 10.0 Å². The number of sulfonamides is 1. The largest absolute Gasteiger partial charge is 0.392 e. The molecule has 0 bridgehead atoms. The van der Waals surface area contributed by atoms with Crippen molar-refractivity contribution in [2.45, 2.75) is 30.4 Å². The SMILES string of the molecule is CN1CCC(NS(=O)(=O)c2cc(CO)c(Cl)cc2Cl)CC1. The highest BCUT2D eigenvalue weighted by Gasteiger charge is 2.25. The van der Waals surface area contributed by atoms with Crippen LogP contribution in [0.15, 0.2) is 17.0 Å². The van der Waals surface area contributed by atoms with E-state index in [9.17, 15) is 13.5 Å². The van der Waals surface area contributed by atoms with Crippen molar-refractivity contribution >= 4 is 33.2 Å². The Morgan fingerprint density at radius 2 is 1.90 bits per heavy atom. The highest BCUT2D eigenvalue weighted by atomic mass is 35.5. The second kappa shape index (κ2) is 6.81. The second-order valence-electron chi connectivity index (χ2n) is 5.23. The lowest BCUT2D eigenvalue weighted by Crippen LogP contribution is -2.43. The number of piperidine rings is 1. The van der Waals surface area contributed by atoms with Gasteiger partial charge >= 0.3 is 0 Å². The molecule has 0 spiro atoms. The molecule has 2 N–H and O–H groups in total. The molecule has 0 atom stereocenters. The fourth-order valence-electron chi connectivity index (χ4n) is 2.31. The number of aliphatic hydroxyl groups excluding tert-OH is 1. The number of rotatable bonds is 4. The van der Waals surface area contributed by atoms with Crippen LogP contribution in [0.5, 0.6) is 0 Å². The summed E-state index contributed by atoms with van der Waals surface area (Å²) in [5.41, 5.74) is 0.338. The maximum atomic E-state index is 12.4. The van der Waals surface area contributed by atoms with Gasteiger partial charge in [0, 0.05) is 11.1 Å². The van der Waals surface area contributed by atoms with Gasteiger partial charge in [0.05, 0.1) is 11.6 Å². The summed E-state index contributed by atoms with van der Waals surface area (Å²) in [6, 6.07) is 2.57. The molecule has 0 saturated carbocycles. The number of benzene rings is 1. The Balaban J connectivity index is 2.23. The van der Waals surface area contributed by atoms with Gasteiger partial charge in [-0.2, -0.15) is 0 Å². The number of nitrogens with one attached hydrogen (secondary N) is 1. The number of hydrogen-bond donors (Lipinski definition) is 2. The lowest BCUT2D eigenvalue weighted by molar-refractivity contribution is 0.248. The molecule has 2 rings (SSSR count). The van der Waals surface area contributed by atoms with E-state index < -0.39 is 10.0 Å². The normalized spacial score (nSPS) is 18.1. The van der Waals surface area contributed by atoms with Crippen LogP contribution in [0, 0.1) is 0 Å². The molecular formula is C13H18Cl2N2O3S. The zero-order valence-electron chi connectivity index (χ0n) is 11.6. The molecule has 0 aromatic heterocycles. The Morgan fingerprint density at radius 3 is 2.48 bits per heavy atom. The molecule has 1 aliphatic heterocycles. The van der Waals surface area contributed by atoms with E-state index in [1.807, 2.05) is 7.05 Å². The van der Waals surface area contributed by atoms with Crippen LogP contribution < -0.4 is 4.72 Å². The average molecular weight is 353 g/mol. The average Bonchev–Trinajstić information content (AvgIpc) is 2.41. The van der Waals surface area contributed by atoms with Crippen molar-refractivity contribution < 1.29 is 13.5 Å². The number of likely N-dealkylation sites (tertiary alicyclic amines) is 1. The minimum absolute atomic E-state index is 0.0449. The van der Waals surface area contributed by atoms with Crippen LogP contribution in [0.2, 0.25) is 10.0 Å². The summed E-state index contributed by atoms with van der Waals surface area (Å²) in [6.07, 6.45) is 1.52.